The fraction of sp³-hybridized carbons (Fsp3) is 0.538. The molecular formula is C13H17BrN2O. The van der Waals surface area contributed by atoms with Crippen LogP contribution in [0.3, 0.4) is 0 Å². The molecule has 2 heterocycles. The summed E-state index contributed by atoms with van der Waals surface area (Å²) in [6, 6.07) is 3.56. The van der Waals surface area contributed by atoms with Gasteiger partial charge in [-0.25, -0.2) is 4.98 Å². The van der Waals surface area contributed by atoms with Crippen molar-refractivity contribution in [3.05, 3.63) is 28.5 Å². The standard InChI is InChI=1S/C13H17BrN2O/c1-9(2)11-4-6-16(8-11)13(17)10-3-5-15-12(14)7-10/h3,5,7,9,11H,4,6,8H2,1-2H3. The zero-order valence-electron chi connectivity index (χ0n) is 10.2. The molecule has 1 fully saturated rings. The van der Waals surface area contributed by atoms with E-state index in [4.69, 9.17) is 0 Å². The average molecular weight is 297 g/mol. The first-order valence-corrected chi connectivity index (χ1v) is 6.78. The maximum atomic E-state index is 12.2. The van der Waals surface area contributed by atoms with E-state index in [1.165, 1.54) is 0 Å². The molecule has 1 aromatic heterocycles. The molecule has 3 nitrogen and oxygen atoms in total. The summed E-state index contributed by atoms with van der Waals surface area (Å²) in [6.07, 6.45) is 2.78. The van der Waals surface area contributed by atoms with Crippen LogP contribution in [-0.2, 0) is 0 Å². The Morgan fingerprint density at radius 1 is 1.59 bits per heavy atom. The zero-order valence-corrected chi connectivity index (χ0v) is 11.8. The molecule has 1 aliphatic heterocycles. The van der Waals surface area contributed by atoms with Gasteiger partial charge in [0.05, 0.1) is 0 Å². The van der Waals surface area contributed by atoms with Crippen molar-refractivity contribution in [3.8, 4) is 0 Å². The van der Waals surface area contributed by atoms with E-state index in [1.54, 1.807) is 18.3 Å². The Morgan fingerprint density at radius 3 is 2.94 bits per heavy atom. The molecule has 0 N–H and O–H groups in total. The number of nitrogens with zero attached hydrogens (tertiary/aromatic N) is 2. The normalized spacial score (nSPS) is 20.0. The third-order valence-electron chi connectivity index (χ3n) is 3.43. The molecule has 0 aromatic carbocycles. The molecule has 1 saturated heterocycles. The lowest BCUT2D eigenvalue weighted by molar-refractivity contribution is 0.0784. The molecule has 1 atom stereocenters. The van der Waals surface area contributed by atoms with Gasteiger partial charge in [0.1, 0.15) is 4.60 Å². The Bertz CT molecular complexity index is 420. The highest BCUT2D eigenvalue weighted by atomic mass is 79.9. The lowest BCUT2D eigenvalue weighted by Crippen LogP contribution is -2.29. The van der Waals surface area contributed by atoms with Crippen LogP contribution in [0.15, 0.2) is 22.9 Å². The van der Waals surface area contributed by atoms with E-state index in [1.807, 2.05) is 4.90 Å². The van der Waals surface area contributed by atoms with Crippen molar-refractivity contribution in [2.75, 3.05) is 13.1 Å². The quantitative estimate of drug-likeness (QED) is 0.786. The van der Waals surface area contributed by atoms with Crippen molar-refractivity contribution in [2.24, 2.45) is 11.8 Å². The molecule has 1 aliphatic rings. The van der Waals surface area contributed by atoms with Gasteiger partial charge in [0, 0.05) is 24.8 Å². The van der Waals surface area contributed by atoms with Crippen molar-refractivity contribution in [2.45, 2.75) is 20.3 Å². The number of hydrogen-bond donors (Lipinski definition) is 0. The second kappa shape index (κ2) is 5.17. The van der Waals surface area contributed by atoms with E-state index in [2.05, 4.69) is 34.8 Å². The fourth-order valence-electron chi connectivity index (χ4n) is 2.23. The maximum absolute atomic E-state index is 12.2. The molecule has 1 unspecified atom stereocenters. The smallest absolute Gasteiger partial charge is 0.254 e. The Hall–Kier alpha value is -0.900. The number of pyridine rings is 1. The molecule has 0 aliphatic carbocycles. The van der Waals surface area contributed by atoms with Crippen molar-refractivity contribution in [1.82, 2.24) is 9.88 Å². The van der Waals surface area contributed by atoms with Crippen LogP contribution in [0.25, 0.3) is 0 Å². The third-order valence-corrected chi connectivity index (χ3v) is 3.86. The van der Waals surface area contributed by atoms with Crippen LogP contribution in [0, 0.1) is 11.8 Å². The average Bonchev–Trinajstić information content (AvgIpc) is 2.77. The Morgan fingerprint density at radius 2 is 2.35 bits per heavy atom. The highest BCUT2D eigenvalue weighted by Gasteiger charge is 2.28. The summed E-state index contributed by atoms with van der Waals surface area (Å²) in [5.74, 6) is 1.41. The Labute approximate surface area is 110 Å². The first kappa shape index (κ1) is 12.6. The van der Waals surface area contributed by atoms with Gasteiger partial charge >= 0.3 is 0 Å². The van der Waals surface area contributed by atoms with Crippen LogP contribution in [-0.4, -0.2) is 28.9 Å². The predicted molar refractivity (Wildman–Crippen MR) is 70.8 cm³/mol. The molecule has 1 aromatic rings. The van der Waals surface area contributed by atoms with Gasteiger partial charge in [-0.2, -0.15) is 0 Å². The van der Waals surface area contributed by atoms with Crippen LogP contribution in [0.1, 0.15) is 30.6 Å². The number of amides is 1. The third kappa shape index (κ3) is 2.86. The van der Waals surface area contributed by atoms with Crippen molar-refractivity contribution < 1.29 is 4.79 Å². The number of rotatable bonds is 2. The molecule has 17 heavy (non-hydrogen) atoms. The maximum Gasteiger partial charge on any atom is 0.254 e. The van der Waals surface area contributed by atoms with Gasteiger partial charge in [-0.1, -0.05) is 13.8 Å². The Kier molecular flexibility index (Phi) is 3.82. The van der Waals surface area contributed by atoms with E-state index >= 15 is 0 Å². The first-order valence-electron chi connectivity index (χ1n) is 5.98. The lowest BCUT2D eigenvalue weighted by Gasteiger charge is -2.18. The van der Waals surface area contributed by atoms with E-state index in [9.17, 15) is 4.79 Å². The van der Waals surface area contributed by atoms with Crippen molar-refractivity contribution in [3.63, 3.8) is 0 Å². The zero-order chi connectivity index (χ0) is 12.4. The summed E-state index contributed by atoms with van der Waals surface area (Å²) in [5, 5.41) is 0. The van der Waals surface area contributed by atoms with E-state index in [0.29, 0.717) is 16.4 Å². The molecule has 4 heteroatoms. The van der Waals surface area contributed by atoms with Gasteiger partial charge in [-0.3, -0.25) is 4.79 Å². The molecule has 92 valence electrons. The number of carbonyl (C=O) groups excluding carboxylic acids is 1. The van der Waals surface area contributed by atoms with Crippen LogP contribution in [0.5, 0.6) is 0 Å². The highest BCUT2D eigenvalue weighted by Crippen LogP contribution is 2.25. The van der Waals surface area contributed by atoms with E-state index in [-0.39, 0.29) is 5.91 Å². The van der Waals surface area contributed by atoms with Crippen LogP contribution in [0.2, 0.25) is 0 Å². The number of halogens is 1. The monoisotopic (exact) mass is 296 g/mol. The van der Waals surface area contributed by atoms with Crippen LogP contribution in [0.4, 0.5) is 0 Å². The summed E-state index contributed by atoms with van der Waals surface area (Å²) >= 11 is 3.29. The predicted octanol–water partition coefficient (Wildman–Crippen LogP) is 2.96. The van der Waals surface area contributed by atoms with Crippen molar-refractivity contribution >= 4 is 21.8 Å². The second-order valence-corrected chi connectivity index (χ2v) is 5.72. The lowest BCUT2D eigenvalue weighted by atomic mass is 9.95. The summed E-state index contributed by atoms with van der Waals surface area (Å²) in [5.41, 5.74) is 0.719. The number of carbonyl (C=O) groups is 1. The first-order chi connectivity index (χ1) is 8.08. The fourth-order valence-corrected chi connectivity index (χ4v) is 2.60. The van der Waals surface area contributed by atoms with E-state index < -0.39 is 0 Å². The minimum Gasteiger partial charge on any atom is -0.338 e. The molecular weight excluding hydrogens is 280 g/mol. The second-order valence-electron chi connectivity index (χ2n) is 4.91. The summed E-state index contributed by atoms with van der Waals surface area (Å²) in [6.45, 7) is 6.21. The molecule has 0 saturated carbocycles. The SMILES string of the molecule is CC(C)C1CCN(C(=O)c2ccnc(Br)c2)C1. The molecule has 0 bridgehead atoms. The largest absolute Gasteiger partial charge is 0.338 e. The number of hydrogen-bond acceptors (Lipinski definition) is 2. The van der Waals surface area contributed by atoms with Crippen LogP contribution >= 0.6 is 15.9 Å². The van der Waals surface area contributed by atoms with Crippen molar-refractivity contribution in [1.29, 1.82) is 0 Å². The molecule has 0 spiro atoms. The minimum absolute atomic E-state index is 0.122. The number of likely N-dealkylation sites (tertiary alicyclic amines) is 1. The topological polar surface area (TPSA) is 33.2 Å². The van der Waals surface area contributed by atoms with Gasteiger partial charge in [0.25, 0.3) is 5.91 Å². The van der Waals surface area contributed by atoms with Gasteiger partial charge < -0.3 is 4.90 Å². The molecule has 0 radical (unpaired) electrons. The number of aromatic nitrogens is 1. The highest BCUT2D eigenvalue weighted by molar-refractivity contribution is 9.10. The van der Waals surface area contributed by atoms with Gasteiger partial charge in [0.15, 0.2) is 0 Å². The summed E-state index contributed by atoms with van der Waals surface area (Å²) < 4.78 is 0.711. The Balaban J connectivity index is 2.07. The summed E-state index contributed by atoms with van der Waals surface area (Å²) in [4.78, 5) is 18.2. The van der Waals surface area contributed by atoms with E-state index in [0.717, 1.165) is 25.1 Å². The van der Waals surface area contributed by atoms with Gasteiger partial charge in [-0.05, 0) is 46.3 Å². The molecule has 1 amide bonds. The molecule has 2 rings (SSSR count). The summed E-state index contributed by atoms with van der Waals surface area (Å²) in [7, 11) is 0. The van der Waals surface area contributed by atoms with Gasteiger partial charge in [0.2, 0.25) is 0 Å². The van der Waals surface area contributed by atoms with Crippen LogP contribution < -0.4 is 0 Å². The van der Waals surface area contributed by atoms with Gasteiger partial charge in [-0.15, -0.1) is 0 Å². The minimum atomic E-state index is 0.122.